The summed E-state index contributed by atoms with van der Waals surface area (Å²) in [5, 5.41) is 3.88. The Morgan fingerprint density at radius 1 is 0.714 bits per heavy atom. The molecule has 21 heavy (non-hydrogen) atoms. The van der Waals surface area contributed by atoms with Gasteiger partial charge in [0.25, 0.3) is 0 Å². The van der Waals surface area contributed by atoms with Crippen LogP contribution in [0, 0.1) is 0 Å². The highest BCUT2D eigenvalue weighted by Crippen LogP contribution is 2.40. The number of fused-ring (bicyclic) bond motifs is 3. The van der Waals surface area contributed by atoms with Gasteiger partial charge in [0.15, 0.2) is 0 Å². The van der Waals surface area contributed by atoms with Gasteiger partial charge in [0.2, 0.25) is 0 Å². The lowest BCUT2D eigenvalue weighted by molar-refractivity contribution is 1.66. The Morgan fingerprint density at radius 2 is 1.43 bits per heavy atom. The van der Waals surface area contributed by atoms with Crippen LogP contribution in [-0.2, 0) is 0 Å². The van der Waals surface area contributed by atoms with Gasteiger partial charge in [-0.2, -0.15) is 0 Å². The molecule has 0 nitrogen and oxygen atoms in total. The number of thiophene rings is 1. The van der Waals surface area contributed by atoms with Crippen LogP contribution in [-0.4, -0.2) is 0 Å². The van der Waals surface area contributed by atoms with Gasteiger partial charge in [0, 0.05) is 30.2 Å². The highest BCUT2D eigenvalue weighted by Gasteiger charge is 2.11. The Kier molecular flexibility index (Phi) is 3.15. The van der Waals surface area contributed by atoms with Crippen LogP contribution >= 0.6 is 34.5 Å². The van der Waals surface area contributed by atoms with Crippen molar-refractivity contribution in [2.45, 2.75) is 0 Å². The Balaban J connectivity index is 2.13. The predicted molar refractivity (Wildman–Crippen MR) is 94.8 cm³/mol. The molecule has 0 saturated heterocycles. The molecule has 1 aromatic heterocycles. The molecule has 0 aliphatic rings. The van der Waals surface area contributed by atoms with E-state index in [0.29, 0.717) is 10.0 Å². The molecule has 0 unspecified atom stereocenters. The lowest BCUT2D eigenvalue weighted by atomic mass is 9.99. The Morgan fingerprint density at radius 3 is 2.24 bits per heavy atom. The van der Waals surface area contributed by atoms with E-state index in [2.05, 4.69) is 42.5 Å². The fourth-order valence-electron chi connectivity index (χ4n) is 2.72. The highest BCUT2D eigenvalue weighted by atomic mass is 35.5. The van der Waals surface area contributed by atoms with E-state index in [1.807, 2.05) is 23.5 Å². The summed E-state index contributed by atoms with van der Waals surface area (Å²) < 4.78 is 2.58. The monoisotopic (exact) mass is 328 g/mol. The van der Waals surface area contributed by atoms with Crippen molar-refractivity contribution in [2.24, 2.45) is 0 Å². The van der Waals surface area contributed by atoms with E-state index in [1.165, 1.54) is 25.7 Å². The number of benzene rings is 3. The van der Waals surface area contributed by atoms with Gasteiger partial charge in [0.05, 0.1) is 0 Å². The van der Waals surface area contributed by atoms with Crippen LogP contribution in [0.5, 0.6) is 0 Å². The molecule has 0 aliphatic carbocycles. The van der Waals surface area contributed by atoms with Crippen molar-refractivity contribution in [3.8, 4) is 11.1 Å². The lowest BCUT2D eigenvalue weighted by Crippen LogP contribution is -1.80. The average molecular weight is 329 g/mol. The topological polar surface area (TPSA) is 0 Å². The summed E-state index contributed by atoms with van der Waals surface area (Å²) in [6.07, 6.45) is 0. The van der Waals surface area contributed by atoms with Crippen LogP contribution in [0.4, 0.5) is 0 Å². The summed E-state index contributed by atoms with van der Waals surface area (Å²) >= 11 is 14.1. The second-order valence-corrected chi connectivity index (χ2v) is 6.89. The molecule has 0 radical (unpaired) electrons. The zero-order valence-corrected chi connectivity index (χ0v) is 13.3. The van der Waals surface area contributed by atoms with E-state index in [9.17, 15) is 0 Å². The Hall–Kier alpha value is -1.54. The number of hydrogen-bond acceptors (Lipinski definition) is 1. The maximum absolute atomic E-state index is 6.16. The van der Waals surface area contributed by atoms with Gasteiger partial charge in [-0.3, -0.25) is 0 Å². The molecule has 0 saturated carbocycles. The Labute approximate surface area is 136 Å². The lowest BCUT2D eigenvalue weighted by Gasteiger charge is -2.06. The third kappa shape index (κ3) is 2.22. The average Bonchev–Trinajstić information content (AvgIpc) is 2.84. The van der Waals surface area contributed by atoms with Gasteiger partial charge in [-0.25, -0.2) is 0 Å². The van der Waals surface area contributed by atoms with Crippen molar-refractivity contribution < 1.29 is 0 Å². The molecule has 0 fully saturated rings. The van der Waals surface area contributed by atoms with Crippen LogP contribution in [0.1, 0.15) is 0 Å². The molecular formula is C18H10Cl2S. The van der Waals surface area contributed by atoms with Crippen molar-refractivity contribution in [1.29, 1.82) is 0 Å². The maximum Gasteiger partial charge on any atom is 0.0426 e. The molecule has 0 bridgehead atoms. The molecule has 0 spiro atoms. The van der Waals surface area contributed by atoms with E-state index >= 15 is 0 Å². The summed E-state index contributed by atoms with van der Waals surface area (Å²) in [6, 6.07) is 20.6. The van der Waals surface area contributed by atoms with Crippen molar-refractivity contribution in [3.63, 3.8) is 0 Å². The van der Waals surface area contributed by atoms with E-state index in [-0.39, 0.29) is 0 Å². The van der Waals surface area contributed by atoms with Crippen LogP contribution in [0.3, 0.4) is 0 Å². The molecule has 0 atom stereocenters. The normalized spacial score (nSPS) is 11.3. The molecule has 3 heteroatoms. The minimum absolute atomic E-state index is 0.661. The van der Waals surface area contributed by atoms with Crippen molar-refractivity contribution >= 4 is 54.7 Å². The first kappa shape index (κ1) is 13.1. The number of halogens is 2. The van der Waals surface area contributed by atoms with E-state index in [0.717, 1.165) is 5.56 Å². The third-order valence-electron chi connectivity index (χ3n) is 3.58. The van der Waals surface area contributed by atoms with Crippen molar-refractivity contribution in [2.75, 3.05) is 0 Å². The van der Waals surface area contributed by atoms with Gasteiger partial charge in [-0.05, 0) is 41.5 Å². The van der Waals surface area contributed by atoms with Gasteiger partial charge in [0.1, 0.15) is 0 Å². The van der Waals surface area contributed by atoms with Gasteiger partial charge < -0.3 is 0 Å². The minimum Gasteiger partial charge on any atom is -0.135 e. The third-order valence-corrected chi connectivity index (χ3v) is 5.15. The molecular weight excluding hydrogens is 319 g/mol. The zero-order valence-electron chi connectivity index (χ0n) is 10.9. The van der Waals surface area contributed by atoms with Crippen molar-refractivity contribution in [1.82, 2.24) is 0 Å². The van der Waals surface area contributed by atoms with Crippen molar-refractivity contribution in [3.05, 3.63) is 70.7 Å². The second-order valence-electron chi connectivity index (χ2n) is 4.94. The molecule has 102 valence electrons. The maximum atomic E-state index is 6.16. The molecule has 1 heterocycles. The largest absolute Gasteiger partial charge is 0.135 e. The van der Waals surface area contributed by atoms with Crippen LogP contribution in [0.15, 0.2) is 60.7 Å². The molecule has 0 amide bonds. The van der Waals surface area contributed by atoms with Gasteiger partial charge in [-0.1, -0.05) is 53.5 Å². The quantitative estimate of drug-likeness (QED) is 0.352. The standard InChI is InChI=1S/C18H10Cl2S/c19-12-8-11(9-13(20)10-12)14-5-3-7-17-18(14)15-4-1-2-6-16(15)21-17/h1-10H. The van der Waals surface area contributed by atoms with E-state index in [4.69, 9.17) is 23.2 Å². The Bertz CT molecular complexity index is 949. The second kappa shape index (κ2) is 5.03. The minimum atomic E-state index is 0.661. The van der Waals surface area contributed by atoms with Crippen LogP contribution in [0.25, 0.3) is 31.3 Å². The molecule has 0 N–H and O–H groups in total. The molecule has 4 rings (SSSR count). The summed E-state index contributed by atoms with van der Waals surface area (Å²) in [6.45, 7) is 0. The van der Waals surface area contributed by atoms with Crippen LogP contribution in [0.2, 0.25) is 10.0 Å². The SMILES string of the molecule is Clc1cc(Cl)cc(-c2cccc3sc4ccccc4c23)c1. The highest BCUT2D eigenvalue weighted by molar-refractivity contribution is 7.25. The number of hydrogen-bond donors (Lipinski definition) is 0. The first-order valence-corrected chi connectivity index (χ1v) is 8.16. The van der Waals surface area contributed by atoms with E-state index < -0.39 is 0 Å². The zero-order chi connectivity index (χ0) is 14.4. The van der Waals surface area contributed by atoms with Crippen LogP contribution < -0.4 is 0 Å². The summed E-state index contributed by atoms with van der Waals surface area (Å²) in [7, 11) is 0. The van der Waals surface area contributed by atoms with Gasteiger partial charge in [-0.15, -0.1) is 11.3 Å². The van der Waals surface area contributed by atoms with Gasteiger partial charge >= 0.3 is 0 Å². The smallest absolute Gasteiger partial charge is 0.0426 e. The fourth-order valence-corrected chi connectivity index (χ4v) is 4.38. The summed E-state index contributed by atoms with van der Waals surface area (Å²) in [5.74, 6) is 0. The fraction of sp³-hybridized carbons (Fsp3) is 0. The molecule has 4 aromatic rings. The first-order valence-electron chi connectivity index (χ1n) is 6.59. The molecule has 0 aliphatic heterocycles. The molecule has 3 aromatic carbocycles. The van der Waals surface area contributed by atoms with E-state index in [1.54, 1.807) is 6.07 Å². The predicted octanol–water partition coefficient (Wildman–Crippen LogP) is 7.03. The first-order chi connectivity index (χ1) is 10.2. The summed E-state index contributed by atoms with van der Waals surface area (Å²) in [4.78, 5) is 0. The summed E-state index contributed by atoms with van der Waals surface area (Å²) in [5.41, 5.74) is 2.23. The number of rotatable bonds is 1.